The number of nitrogens with one attached hydrogen (secondary N) is 3. The maximum atomic E-state index is 4.38. The summed E-state index contributed by atoms with van der Waals surface area (Å²) < 4.78 is 0. The van der Waals surface area contributed by atoms with Gasteiger partial charge in [-0.15, -0.1) is 0 Å². The highest BCUT2D eigenvalue weighted by Gasteiger charge is 2.06. The molecule has 0 aliphatic heterocycles. The lowest BCUT2D eigenvalue weighted by atomic mass is 10.1. The van der Waals surface area contributed by atoms with Gasteiger partial charge < -0.3 is 16.0 Å². The molecule has 1 heterocycles. The Hall–Kier alpha value is -2.37. The molecule has 0 fully saturated rings. The van der Waals surface area contributed by atoms with Crippen LogP contribution in [0.25, 0.3) is 0 Å². The lowest BCUT2D eigenvalue weighted by Crippen LogP contribution is -2.10. The van der Waals surface area contributed by atoms with Gasteiger partial charge in [-0.3, -0.25) is 0 Å². The second-order valence-electron chi connectivity index (χ2n) is 4.87. The van der Waals surface area contributed by atoms with Gasteiger partial charge in [0.15, 0.2) is 0 Å². The van der Waals surface area contributed by atoms with Crippen LogP contribution in [0.2, 0.25) is 0 Å². The molecule has 21 heavy (non-hydrogen) atoms. The van der Waals surface area contributed by atoms with Crippen LogP contribution in [0.5, 0.6) is 0 Å². The second-order valence-corrected chi connectivity index (χ2v) is 4.87. The molecule has 0 unspecified atom stereocenters. The van der Waals surface area contributed by atoms with E-state index in [0.29, 0.717) is 17.8 Å². The molecule has 112 valence electrons. The zero-order valence-electron chi connectivity index (χ0n) is 13.0. The van der Waals surface area contributed by atoms with Crippen LogP contribution in [0.1, 0.15) is 25.0 Å². The Morgan fingerprint density at radius 3 is 1.71 bits per heavy atom. The predicted molar refractivity (Wildman–Crippen MR) is 87.4 cm³/mol. The monoisotopic (exact) mass is 286 g/mol. The fourth-order valence-corrected chi connectivity index (χ4v) is 2.08. The molecule has 3 N–H and O–H groups in total. The van der Waals surface area contributed by atoms with Crippen molar-refractivity contribution >= 4 is 23.5 Å². The number of aromatic nitrogens is 3. The van der Waals surface area contributed by atoms with Gasteiger partial charge in [0, 0.05) is 18.8 Å². The van der Waals surface area contributed by atoms with Crippen molar-refractivity contribution in [2.24, 2.45) is 0 Å². The molecule has 1 aromatic carbocycles. The summed E-state index contributed by atoms with van der Waals surface area (Å²) in [6.45, 7) is 9.68. The summed E-state index contributed by atoms with van der Waals surface area (Å²) in [5.41, 5.74) is 3.37. The summed E-state index contributed by atoms with van der Waals surface area (Å²) in [7, 11) is 0. The molecule has 2 rings (SSSR count). The van der Waals surface area contributed by atoms with Crippen molar-refractivity contribution in [3.63, 3.8) is 0 Å². The third kappa shape index (κ3) is 4.30. The molecule has 0 radical (unpaired) electrons. The molecule has 0 saturated carbocycles. The third-order valence-electron chi connectivity index (χ3n) is 2.78. The van der Waals surface area contributed by atoms with Gasteiger partial charge in [-0.05, 0) is 51.0 Å². The van der Waals surface area contributed by atoms with Crippen molar-refractivity contribution < 1.29 is 0 Å². The summed E-state index contributed by atoms with van der Waals surface area (Å²) >= 11 is 0. The van der Waals surface area contributed by atoms with E-state index in [0.717, 1.165) is 18.8 Å². The summed E-state index contributed by atoms with van der Waals surface area (Å²) in [4.78, 5) is 13.1. The molecule has 6 heteroatoms. The Balaban J connectivity index is 2.28. The highest BCUT2D eigenvalue weighted by molar-refractivity contribution is 5.57. The van der Waals surface area contributed by atoms with E-state index in [1.807, 2.05) is 13.8 Å². The lowest BCUT2D eigenvalue weighted by molar-refractivity contribution is 1.00. The Labute approximate surface area is 125 Å². The molecular weight excluding hydrogens is 264 g/mol. The minimum atomic E-state index is 0.530. The first kappa shape index (κ1) is 15.0. The number of rotatable bonds is 6. The van der Waals surface area contributed by atoms with Crippen molar-refractivity contribution in [1.82, 2.24) is 15.0 Å². The van der Waals surface area contributed by atoms with Gasteiger partial charge in [-0.2, -0.15) is 15.0 Å². The second kappa shape index (κ2) is 6.88. The summed E-state index contributed by atoms with van der Waals surface area (Å²) in [6, 6.07) is 6.26. The Kier molecular flexibility index (Phi) is 4.92. The molecule has 6 nitrogen and oxygen atoms in total. The maximum absolute atomic E-state index is 4.38. The Morgan fingerprint density at radius 2 is 1.24 bits per heavy atom. The van der Waals surface area contributed by atoms with E-state index < -0.39 is 0 Å². The van der Waals surface area contributed by atoms with Gasteiger partial charge in [0.1, 0.15) is 0 Å². The van der Waals surface area contributed by atoms with Crippen LogP contribution in [0.3, 0.4) is 0 Å². The smallest absolute Gasteiger partial charge is 0.233 e. The summed E-state index contributed by atoms with van der Waals surface area (Å²) in [6.07, 6.45) is 0. The standard InChI is InChI=1S/C15H22N6/c1-5-16-13-19-14(17-6-2)21-15(20-13)18-12-8-10(3)7-11(4)9-12/h7-9H,5-6H2,1-4H3,(H3,16,17,18,19,20,21). The molecule has 0 atom stereocenters. The average molecular weight is 286 g/mol. The van der Waals surface area contributed by atoms with Gasteiger partial charge in [-0.25, -0.2) is 0 Å². The highest BCUT2D eigenvalue weighted by Crippen LogP contribution is 2.18. The molecule has 0 aliphatic rings. The van der Waals surface area contributed by atoms with Gasteiger partial charge in [-0.1, -0.05) is 6.07 Å². The molecule has 0 aliphatic carbocycles. The predicted octanol–water partition coefficient (Wildman–Crippen LogP) is 3.10. The minimum absolute atomic E-state index is 0.530. The number of aryl methyl sites for hydroxylation is 2. The topological polar surface area (TPSA) is 74.8 Å². The fraction of sp³-hybridized carbons (Fsp3) is 0.400. The van der Waals surface area contributed by atoms with E-state index in [2.05, 4.69) is 62.9 Å². The van der Waals surface area contributed by atoms with Gasteiger partial charge in [0.05, 0.1) is 0 Å². The molecule has 0 bridgehead atoms. The van der Waals surface area contributed by atoms with Crippen LogP contribution in [-0.2, 0) is 0 Å². The van der Waals surface area contributed by atoms with Crippen LogP contribution in [-0.4, -0.2) is 28.0 Å². The first-order valence-corrected chi connectivity index (χ1v) is 7.20. The zero-order chi connectivity index (χ0) is 15.2. The van der Waals surface area contributed by atoms with Crippen LogP contribution in [0, 0.1) is 13.8 Å². The van der Waals surface area contributed by atoms with Crippen molar-refractivity contribution in [3.05, 3.63) is 29.3 Å². The minimum Gasteiger partial charge on any atom is -0.354 e. The first-order valence-electron chi connectivity index (χ1n) is 7.20. The van der Waals surface area contributed by atoms with E-state index in [9.17, 15) is 0 Å². The number of nitrogens with zero attached hydrogens (tertiary/aromatic N) is 3. The van der Waals surface area contributed by atoms with Gasteiger partial charge in [0.2, 0.25) is 17.8 Å². The van der Waals surface area contributed by atoms with Crippen LogP contribution in [0.4, 0.5) is 23.5 Å². The normalized spacial score (nSPS) is 10.3. The Bertz CT molecular complexity index is 567. The maximum Gasteiger partial charge on any atom is 0.233 e. The lowest BCUT2D eigenvalue weighted by Gasteiger charge is -2.11. The first-order chi connectivity index (χ1) is 10.1. The molecule has 0 spiro atoms. The van der Waals surface area contributed by atoms with Crippen LogP contribution >= 0.6 is 0 Å². The molecule has 1 aromatic heterocycles. The van der Waals surface area contributed by atoms with Crippen LogP contribution < -0.4 is 16.0 Å². The number of hydrogen-bond acceptors (Lipinski definition) is 6. The van der Waals surface area contributed by atoms with Crippen molar-refractivity contribution in [2.45, 2.75) is 27.7 Å². The summed E-state index contributed by atoms with van der Waals surface area (Å²) in [5.74, 6) is 1.66. The van der Waals surface area contributed by atoms with E-state index in [4.69, 9.17) is 0 Å². The molecule has 2 aromatic rings. The Morgan fingerprint density at radius 1 is 0.762 bits per heavy atom. The van der Waals surface area contributed by atoms with Gasteiger partial charge >= 0.3 is 0 Å². The van der Waals surface area contributed by atoms with Gasteiger partial charge in [0.25, 0.3) is 0 Å². The SMILES string of the molecule is CCNc1nc(NCC)nc(Nc2cc(C)cc(C)c2)n1. The number of benzene rings is 1. The largest absolute Gasteiger partial charge is 0.354 e. The fourth-order valence-electron chi connectivity index (χ4n) is 2.08. The quantitative estimate of drug-likeness (QED) is 0.757. The van der Waals surface area contributed by atoms with E-state index in [1.54, 1.807) is 0 Å². The van der Waals surface area contributed by atoms with Crippen molar-refractivity contribution in [2.75, 3.05) is 29.0 Å². The molecule has 0 saturated heterocycles. The van der Waals surface area contributed by atoms with E-state index >= 15 is 0 Å². The zero-order valence-corrected chi connectivity index (χ0v) is 13.0. The molecular formula is C15H22N6. The summed E-state index contributed by atoms with van der Waals surface area (Å²) in [5, 5.41) is 9.47. The number of anilines is 4. The highest BCUT2D eigenvalue weighted by atomic mass is 15.3. The van der Waals surface area contributed by atoms with E-state index in [-0.39, 0.29) is 0 Å². The number of hydrogen-bond donors (Lipinski definition) is 3. The average Bonchev–Trinajstić information content (AvgIpc) is 2.37. The third-order valence-corrected chi connectivity index (χ3v) is 2.78. The van der Waals surface area contributed by atoms with Crippen LogP contribution in [0.15, 0.2) is 18.2 Å². The van der Waals surface area contributed by atoms with E-state index in [1.165, 1.54) is 11.1 Å². The van der Waals surface area contributed by atoms with Crippen molar-refractivity contribution in [1.29, 1.82) is 0 Å². The molecule has 0 amide bonds. The van der Waals surface area contributed by atoms with Crippen molar-refractivity contribution in [3.8, 4) is 0 Å².